The van der Waals surface area contributed by atoms with Crippen molar-refractivity contribution in [1.29, 1.82) is 0 Å². The van der Waals surface area contributed by atoms with Gasteiger partial charge in [0, 0.05) is 36.8 Å². The van der Waals surface area contributed by atoms with Crippen LogP contribution in [0.1, 0.15) is 61.6 Å². The average molecular weight is 454 g/mol. The number of nitrogens with two attached hydrogens (primary N) is 1. The Labute approximate surface area is 195 Å². The van der Waals surface area contributed by atoms with Crippen LogP contribution in [0.2, 0.25) is 0 Å². The van der Waals surface area contributed by atoms with Gasteiger partial charge in [0.1, 0.15) is 11.4 Å². The van der Waals surface area contributed by atoms with E-state index in [1.165, 1.54) is 18.4 Å². The van der Waals surface area contributed by atoms with E-state index < -0.39 is 0 Å². The van der Waals surface area contributed by atoms with Crippen LogP contribution in [0.25, 0.3) is 11.3 Å². The number of hydrogen-bond acceptors (Lipinski definition) is 8. The van der Waals surface area contributed by atoms with Crippen molar-refractivity contribution in [2.75, 3.05) is 31.6 Å². The molecule has 0 radical (unpaired) electrons. The maximum Gasteiger partial charge on any atom is 0.307 e. The first-order valence-corrected chi connectivity index (χ1v) is 12.0. The number of carbonyl (C=O) groups excluding carboxylic acids is 1. The lowest BCUT2D eigenvalue weighted by Gasteiger charge is -2.33. The minimum Gasteiger partial charge on any atom is -0.507 e. The predicted molar refractivity (Wildman–Crippen MR) is 128 cm³/mol. The molecule has 1 saturated heterocycles. The van der Waals surface area contributed by atoms with E-state index >= 15 is 0 Å². The first-order valence-electron chi connectivity index (χ1n) is 12.0. The monoisotopic (exact) mass is 453 g/mol. The zero-order valence-corrected chi connectivity index (χ0v) is 19.6. The lowest BCUT2D eigenvalue weighted by molar-refractivity contribution is -0.143. The Morgan fingerprint density at radius 1 is 1.30 bits per heavy atom. The molecule has 1 aromatic carbocycles. The van der Waals surface area contributed by atoms with Gasteiger partial charge in [-0.25, -0.2) is 0 Å². The number of piperidine rings is 1. The fourth-order valence-electron chi connectivity index (χ4n) is 4.65. The number of aromatic nitrogens is 2. The molecule has 1 atom stereocenters. The van der Waals surface area contributed by atoms with Gasteiger partial charge in [0.2, 0.25) is 0 Å². The average Bonchev–Trinajstić information content (AvgIpc) is 3.65. The molecule has 0 unspecified atom stereocenters. The number of nitrogens with zero attached hydrogens (tertiary/aromatic N) is 3. The topological polar surface area (TPSA) is 114 Å². The SMILES string of the molecule is CCOC(=O)CCN1CCC[C@@H](Nc2nnc(-c3ccc(C4CC4)cc3O)c(C)c2CN)C1. The molecule has 2 heterocycles. The summed E-state index contributed by atoms with van der Waals surface area (Å²) < 4.78 is 5.04. The summed E-state index contributed by atoms with van der Waals surface area (Å²) in [4.78, 5) is 14.0. The second-order valence-corrected chi connectivity index (χ2v) is 9.09. The fraction of sp³-hybridized carbons (Fsp3) is 0.560. The molecule has 2 fully saturated rings. The van der Waals surface area contributed by atoms with E-state index in [9.17, 15) is 9.90 Å². The number of phenols is 1. The maximum atomic E-state index is 11.7. The predicted octanol–water partition coefficient (Wildman–Crippen LogP) is 3.32. The number of carbonyl (C=O) groups is 1. The van der Waals surface area contributed by atoms with Gasteiger partial charge in [-0.3, -0.25) is 4.79 Å². The van der Waals surface area contributed by atoms with Crippen LogP contribution < -0.4 is 11.1 Å². The summed E-state index contributed by atoms with van der Waals surface area (Å²) >= 11 is 0. The molecule has 1 aliphatic heterocycles. The first-order chi connectivity index (χ1) is 16.0. The third-order valence-electron chi connectivity index (χ3n) is 6.66. The van der Waals surface area contributed by atoms with Gasteiger partial charge in [-0.2, -0.15) is 0 Å². The molecule has 8 heteroatoms. The highest BCUT2D eigenvalue weighted by atomic mass is 16.5. The lowest BCUT2D eigenvalue weighted by atomic mass is 9.99. The summed E-state index contributed by atoms with van der Waals surface area (Å²) in [6.45, 7) is 7.06. The number of likely N-dealkylation sites (tertiary alicyclic amines) is 1. The molecule has 4 rings (SSSR count). The van der Waals surface area contributed by atoms with Crippen molar-refractivity contribution in [2.24, 2.45) is 5.73 Å². The molecule has 0 amide bonds. The van der Waals surface area contributed by atoms with Gasteiger partial charge in [0.15, 0.2) is 5.82 Å². The van der Waals surface area contributed by atoms with Crippen LogP contribution >= 0.6 is 0 Å². The smallest absolute Gasteiger partial charge is 0.307 e. The normalized spacial score (nSPS) is 18.8. The van der Waals surface area contributed by atoms with Crippen molar-refractivity contribution in [3.63, 3.8) is 0 Å². The van der Waals surface area contributed by atoms with E-state index in [1.807, 2.05) is 26.0 Å². The van der Waals surface area contributed by atoms with E-state index in [1.54, 1.807) is 0 Å². The minimum atomic E-state index is -0.150. The Kier molecular flexibility index (Phi) is 7.45. The summed E-state index contributed by atoms with van der Waals surface area (Å²) in [5.41, 5.74) is 10.5. The standard InChI is InChI=1S/C25H35N5O3/c1-3-33-23(32)10-12-30-11-4-5-19(15-30)27-25-21(14-26)16(2)24(28-29-25)20-9-8-18(13-22(20)31)17-6-7-17/h8-9,13,17,19,31H,3-7,10-12,14-15,26H2,1-2H3,(H,27,29)/t19-/m1/s1. The quantitative estimate of drug-likeness (QED) is 0.496. The van der Waals surface area contributed by atoms with Gasteiger partial charge in [0.05, 0.1) is 13.0 Å². The van der Waals surface area contributed by atoms with Crippen molar-refractivity contribution in [3.8, 4) is 17.0 Å². The summed E-state index contributed by atoms with van der Waals surface area (Å²) in [5, 5.41) is 23.1. The molecule has 8 nitrogen and oxygen atoms in total. The van der Waals surface area contributed by atoms with Crippen LogP contribution in [0.3, 0.4) is 0 Å². The molecule has 2 aliphatic rings. The Balaban J connectivity index is 1.46. The number of rotatable bonds is 9. The van der Waals surface area contributed by atoms with Gasteiger partial charge >= 0.3 is 5.97 Å². The molecule has 1 saturated carbocycles. The van der Waals surface area contributed by atoms with Gasteiger partial charge in [-0.05, 0) is 75.3 Å². The minimum absolute atomic E-state index is 0.150. The zero-order valence-electron chi connectivity index (χ0n) is 19.6. The number of phenolic OH excluding ortho intramolecular Hbond substituents is 1. The van der Waals surface area contributed by atoms with E-state index in [-0.39, 0.29) is 17.8 Å². The van der Waals surface area contributed by atoms with Gasteiger partial charge in [-0.1, -0.05) is 6.07 Å². The van der Waals surface area contributed by atoms with Gasteiger partial charge in [-0.15, -0.1) is 10.2 Å². The van der Waals surface area contributed by atoms with E-state index in [4.69, 9.17) is 10.5 Å². The van der Waals surface area contributed by atoms with Crippen molar-refractivity contribution in [1.82, 2.24) is 15.1 Å². The van der Waals surface area contributed by atoms with Crippen molar-refractivity contribution in [3.05, 3.63) is 34.9 Å². The Morgan fingerprint density at radius 3 is 2.82 bits per heavy atom. The molecule has 178 valence electrons. The van der Waals surface area contributed by atoms with Crippen LogP contribution in [0.5, 0.6) is 5.75 Å². The third kappa shape index (κ3) is 5.62. The highest BCUT2D eigenvalue weighted by Crippen LogP contribution is 2.43. The first kappa shape index (κ1) is 23.4. The molecule has 0 spiro atoms. The lowest BCUT2D eigenvalue weighted by Crippen LogP contribution is -2.43. The zero-order chi connectivity index (χ0) is 23.4. The summed E-state index contributed by atoms with van der Waals surface area (Å²) in [7, 11) is 0. The summed E-state index contributed by atoms with van der Waals surface area (Å²) in [6.07, 6.45) is 4.86. The van der Waals surface area contributed by atoms with Crippen molar-refractivity contribution >= 4 is 11.8 Å². The van der Waals surface area contributed by atoms with Crippen LogP contribution in [-0.2, 0) is 16.1 Å². The summed E-state index contributed by atoms with van der Waals surface area (Å²) in [5.74, 6) is 1.37. The highest BCUT2D eigenvalue weighted by molar-refractivity contribution is 5.72. The molecule has 1 aromatic heterocycles. The number of aromatic hydroxyl groups is 1. The highest BCUT2D eigenvalue weighted by Gasteiger charge is 2.26. The van der Waals surface area contributed by atoms with Gasteiger partial charge in [0.25, 0.3) is 0 Å². The van der Waals surface area contributed by atoms with Crippen LogP contribution in [0.4, 0.5) is 5.82 Å². The van der Waals surface area contributed by atoms with Crippen LogP contribution in [-0.4, -0.2) is 58.5 Å². The summed E-state index contributed by atoms with van der Waals surface area (Å²) in [6, 6.07) is 6.08. The number of anilines is 1. The van der Waals surface area contributed by atoms with E-state index in [0.29, 0.717) is 49.1 Å². The van der Waals surface area contributed by atoms with Gasteiger partial charge < -0.3 is 25.8 Å². The molecule has 2 aromatic rings. The second kappa shape index (κ2) is 10.5. The Hall–Kier alpha value is -2.71. The fourth-order valence-corrected chi connectivity index (χ4v) is 4.65. The maximum absolute atomic E-state index is 11.7. The van der Waals surface area contributed by atoms with Crippen molar-refractivity contribution in [2.45, 2.75) is 64.5 Å². The van der Waals surface area contributed by atoms with Crippen LogP contribution in [0.15, 0.2) is 18.2 Å². The molecular formula is C25H35N5O3. The molecule has 1 aliphatic carbocycles. The third-order valence-corrected chi connectivity index (χ3v) is 6.66. The number of ether oxygens (including phenoxy) is 1. The molecule has 0 bridgehead atoms. The molecule has 4 N–H and O–H groups in total. The van der Waals surface area contributed by atoms with E-state index in [0.717, 1.165) is 37.1 Å². The Bertz CT molecular complexity index is 992. The number of benzene rings is 1. The number of esters is 1. The number of nitrogens with one attached hydrogen (secondary N) is 1. The second-order valence-electron chi connectivity index (χ2n) is 9.09. The number of hydrogen-bond donors (Lipinski definition) is 3. The Morgan fingerprint density at radius 2 is 2.12 bits per heavy atom. The van der Waals surface area contributed by atoms with Crippen molar-refractivity contribution < 1.29 is 14.6 Å². The largest absolute Gasteiger partial charge is 0.507 e. The van der Waals surface area contributed by atoms with E-state index in [2.05, 4.69) is 26.5 Å². The van der Waals surface area contributed by atoms with Crippen LogP contribution in [0, 0.1) is 6.92 Å². The molecule has 33 heavy (non-hydrogen) atoms. The molecular weight excluding hydrogens is 418 g/mol.